The number of benzene rings is 1. The first-order chi connectivity index (χ1) is 6.07. The van der Waals surface area contributed by atoms with E-state index in [0.29, 0.717) is 0 Å². The van der Waals surface area contributed by atoms with Gasteiger partial charge in [-0.2, -0.15) is 0 Å². The number of halogens is 4. The summed E-state index contributed by atoms with van der Waals surface area (Å²) >= 11 is 8.28. The Morgan fingerprint density at radius 1 is 1.46 bits per heavy atom. The van der Waals surface area contributed by atoms with Crippen molar-refractivity contribution in [2.24, 2.45) is 0 Å². The fraction of sp³-hybridized carbons (Fsp3) is 0.250. The Kier molecular flexibility index (Phi) is 3.64. The summed E-state index contributed by atoms with van der Waals surface area (Å²) in [7, 11) is 0. The first-order valence-corrected chi connectivity index (χ1v) is 4.95. The highest BCUT2D eigenvalue weighted by Crippen LogP contribution is 2.26. The van der Waals surface area contributed by atoms with Gasteiger partial charge in [-0.3, -0.25) is 0 Å². The summed E-state index contributed by atoms with van der Waals surface area (Å²) in [5, 5.41) is 8.84. The van der Waals surface area contributed by atoms with Crippen LogP contribution in [0.25, 0.3) is 0 Å². The van der Waals surface area contributed by atoms with E-state index in [1.165, 1.54) is 6.07 Å². The van der Waals surface area contributed by atoms with Gasteiger partial charge in [0.1, 0.15) is 10.8 Å². The Bertz CT molecular complexity index is 319. The number of alkyl halides is 1. The first kappa shape index (κ1) is 10.9. The van der Waals surface area contributed by atoms with E-state index < -0.39 is 22.8 Å². The monoisotopic (exact) mass is 270 g/mol. The van der Waals surface area contributed by atoms with Crippen molar-refractivity contribution in [1.29, 1.82) is 0 Å². The Balaban J connectivity index is 3.18. The standard InChI is InChI=1S/C8H6BrClF2O/c9-3-6(13)4-1-2-5(11)7(10)8(4)12/h1-2,6,13H,3H2. The summed E-state index contributed by atoms with van der Waals surface area (Å²) in [6.07, 6.45) is -1.02. The van der Waals surface area contributed by atoms with Crippen LogP contribution in [0, 0.1) is 11.6 Å². The normalized spacial score (nSPS) is 13.0. The second kappa shape index (κ2) is 4.35. The molecule has 0 aliphatic rings. The fourth-order valence-electron chi connectivity index (χ4n) is 0.881. The van der Waals surface area contributed by atoms with Crippen molar-refractivity contribution in [2.75, 3.05) is 5.33 Å². The van der Waals surface area contributed by atoms with Crippen LogP contribution in [0.3, 0.4) is 0 Å². The summed E-state index contributed by atoms with van der Waals surface area (Å²) < 4.78 is 25.8. The molecule has 1 rings (SSSR count). The maximum absolute atomic E-state index is 13.1. The molecule has 0 radical (unpaired) electrons. The van der Waals surface area contributed by atoms with Gasteiger partial charge in [-0.25, -0.2) is 8.78 Å². The van der Waals surface area contributed by atoms with E-state index in [0.717, 1.165) is 6.07 Å². The second-order valence-electron chi connectivity index (χ2n) is 2.43. The van der Waals surface area contributed by atoms with Crippen LogP contribution in [-0.2, 0) is 0 Å². The Hall–Kier alpha value is -0.190. The molecule has 5 heteroatoms. The highest BCUT2D eigenvalue weighted by Gasteiger charge is 2.16. The molecule has 1 aromatic rings. The molecular formula is C8H6BrClF2O. The van der Waals surface area contributed by atoms with Crippen LogP contribution in [0.1, 0.15) is 11.7 Å². The van der Waals surface area contributed by atoms with Gasteiger partial charge in [-0.15, -0.1) is 0 Å². The molecule has 1 atom stereocenters. The van der Waals surface area contributed by atoms with E-state index in [1.807, 2.05) is 0 Å². The molecule has 0 saturated carbocycles. The molecule has 0 amide bonds. The van der Waals surface area contributed by atoms with Crippen LogP contribution in [0.15, 0.2) is 12.1 Å². The minimum atomic E-state index is -1.02. The predicted molar refractivity (Wildman–Crippen MR) is 50.1 cm³/mol. The number of aliphatic hydroxyl groups excluding tert-OH is 1. The molecule has 0 heterocycles. The third-order valence-electron chi connectivity index (χ3n) is 1.57. The van der Waals surface area contributed by atoms with Gasteiger partial charge in [0.2, 0.25) is 0 Å². The van der Waals surface area contributed by atoms with Crippen molar-refractivity contribution in [3.05, 3.63) is 34.4 Å². The lowest BCUT2D eigenvalue weighted by Crippen LogP contribution is -2.02. The van der Waals surface area contributed by atoms with Gasteiger partial charge < -0.3 is 5.11 Å². The van der Waals surface area contributed by atoms with E-state index in [2.05, 4.69) is 15.9 Å². The van der Waals surface area contributed by atoms with Gasteiger partial charge in [-0.1, -0.05) is 33.6 Å². The largest absolute Gasteiger partial charge is 0.387 e. The molecule has 13 heavy (non-hydrogen) atoms. The lowest BCUT2D eigenvalue weighted by molar-refractivity contribution is 0.200. The van der Waals surface area contributed by atoms with Gasteiger partial charge >= 0.3 is 0 Å². The van der Waals surface area contributed by atoms with E-state index in [1.54, 1.807) is 0 Å². The van der Waals surface area contributed by atoms with Crippen molar-refractivity contribution < 1.29 is 13.9 Å². The summed E-state index contributed by atoms with van der Waals surface area (Å²) in [6.45, 7) is 0. The average molecular weight is 271 g/mol. The van der Waals surface area contributed by atoms with E-state index in [4.69, 9.17) is 11.6 Å². The highest BCUT2D eigenvalue weighted by molar-refractivity contribution is 9.09. The van der Waals surface area contributed by atoms with Crippen LogP contribution < -0.4 is 0 Å². The van der Waals surface area contributed by atoms with Crippen molar-refractivity contribution in [3.8, 4) is 0 Å². The van der Waals surface area contributed by atoms with Crippen LogP contribution in [0.5, 0.6) is 0 Å². The molecule has 0 aliphatic carbocycles. The topological polar surface area (TPSA) is 20.2 Å². The molecule has 1 aromatic carbocycles. The third kappa shape index (κ3) is 2.18. The first-order valence-electron chi connectivity index (χ1n) is 3.45. The van der Waals surface area contributed by atoms with Crippen LogP contribution in [0.2, 0.25) is 5.02 Å². The Labute approximate surface area is 87.5 Å². The molecule has 0 fully saturated rings. The quantitative estimate of drug-likeness (QED) is 0.647. The molecule has 1 unspecified atom stereocenters. The summed E-state index contributed by atoms with van der Waals surface area (Å²) in [4.78, 5) is 0. The van der Waals surface area contributed by atoms with Crippen molar-refractivity contribution in [3.63, 3.8) is 0 Å². The zero-order chi connectivity index (χ0) is 10.0. The van der Waals surface area contributed by atoms with Gasteiger partial charge in [0.15, 0.2) is 5.82 Å². The van der Waals surface area contributed by atoms with E-state index in [-0.39, 0.29) is 10.9 Å². The molecule has 1 N–H and O–H groups in total. The average Bonchev–Trinajstić information content (AvgIpc) is 2.13. The third-order valence-corrected chi connectivity index (χ3v) is 2.53. The van der Waals surface area contributed by atoms with Crippen molar-refractivity contribution in [2.45, 2.75) is 6.10 Å². The maximum atomic E-state index is 13.1. The number of hydrogen-bond donors (Lipinski definition) is 1. The summed E-state index contributed by atoms with van der Waals surface area (Å²) in [6, 6.07) is 2.19. The molecular weight excluding hydrogens is 265 g/mol. The second-order valence-corrected chi connectivity index (χ2v) is 3.46. The number of rotatable bonds is 2. The van der Waals surface area contributed by atoms with Gasteiger partial charge in [0.25, 0.3) is 0 Å². The van der Waals surface area contributed by atoms with Crippen molar-refractivity contribution >= 4 is 27.5 Å². The van der Waals surface area contributed by atoms with Crippen LogP contribution in [0.4, 0.5) is 8.78 Å². The summed E-state index contributed by atoms with van der Waals surface area (Å²) in [5.41, 5.74) is -0.0109. The Morgan fingerprint density at radius 2 is 2.08 bits per heavy atom. The van der Waals surface area contributed by atoms with Gasteiger partial charge in [0, 0.05) is 10.9 Å². The fourth-order valence-corrected chi connectivity index (χ4v) is 1.40. The smallest absolute Gasteiger partial charge is 0.150 e. The predicted octanol–water partition coefficient (Wildman–Crippen LogP) is 3.05. The minimum Gasteiger partial charge on any atom is -0.387 e. The molecule has 72 valence electrons. The molecule has 0 spiro atoms. The molecule has 1 nitrogen and oxygen atoms in total. The summed E-state index contributed by atoms with van der Waals surface area (Å²) in [5.74, 6) is -1.74. The van der Waals surface area contributed by atoms with E-state index >= 15 is 0 Å². The highest BCUT2D eigenvalue weighted by atomic mass is 79.9. The van der Waals surface area contributed by atoms with E-state index in [9.17, 15) is 13.9 Å². The zero-order valence-electron chi connectivity index (χ0n) is 6.40. The van der Waals surface area contributed by atoms with Gasteiger partial charge in [-0.05, 0) is 6.07 Å². The lowest BCUT2D eigenvalue weighted by Gasteiger charge is -2.09. The maximum Gasteiger partial charge on any atom is 0.150 e. The molecule has 0 bridgehead atoms. The van der Waals surface area contributed by atoms with Crippen LogP contribution >= 0.6 is 27.5 Å². The number of hydrogen-bond acceptors (Lipinski definition) is 1. The number of aliphatic hydroxyl groups is 1. The Morgan fingerprint density at radius 3 is 2.62 bits per heavy atom. The minimum absolute atomic E-state index is 0.0109. The van der Waals surface area contributed by atoms with Crippen molar-refractivity contribution in [1.82, 2.24) is 0 Å². The SMILES string of the molecule is OC(CBr)c1ccc(F)c(Cl)c1F. The zero-order valence-corrected chi connectivity index (χ0v) is 8.74. The molecule has 0 aromatic heterocycles. The van der Waals surface area contributed by atoms with Gasteiger partial charge in [0.05, 0.1) is 6.10 Å². The molecule has 0 saturated heterocycles. The molecule has 0 aliphatic heterocycles. The lowest BCUT2D eigenvalue weighted by atomic mass is 10.1. The van der Waals surface area contributed by atoms with Crippen LogP contribution in [-0.4, -0.2) is 10.4 Å².